The number of amides is 1. The number of rotatable bonds is 17. The molecule has 0 aliphatic rings. The summed E-state index contributed by atoms with van der Waals surface area (Å²) in [5.74, 6) is -0.368. The highest BCUT2D eigenvalue weighted by atomic mass is 16.6. The van der Waals surface area contributed by atoms with Gasteiger partial charge >= 0.3 is 12.1 Å². The van der Waals surface area contributed by atoms with E-state index in [0.29, 0.717) is 44.1 Å². The van der Waals surface area contributed by atoms with Gasteiger partial charge in [-0.2, -0.15) is 0 Å². The molecule has 0 radical (unpaired) electrons. The first-order valence-electron chi connectivity index (χ1n) is 12.6. The van der Waals surface area contributed by atoms with Crippen LogP contribution in [-0.4, -0.2) is 72.6 Å². The van der Waals surface area contributed by atoms with Crippen LogP contribution in [0.1, 0.15) is 37.8 Å². The molecule has 38 heavy (non-hydrogen) atoms. The summed E-state index contributed by atoms with van der Waals surface area (Å²) >= 11 is 0. The summed E-state index contributed by atoms with van der Waals surface area (Å²) in [6.45, 7) is 7.54. The number of nitrogens with zero attached hydrogens (tertiary/aromatic N) is 2. The predicted octanol–water partition coefficient (Wildman–Crippen LogP) is 4.63. The van der Waals surface area contributed by atoms with Crippen molar-refractivity contribution in [3.8, 4) is 11.5 Å². The molecule has 0 aromatic heterocycles. The largest absolute Gasteiger partial charge is 0.492 e. The molecular formula is C27H36N2O9. The van der Waals surface area contributed by atoms with Crippen LogP contribution in [0.5, 0.6) is 11.5 Å². The molecule has 0 fully saturated rings. The summed E-state index contributed by atoms with van der Waals surface area (Å²) in [7, 11) is 0. The van der Waals surface area contributed by atoms with Gasteiger partial charge in [0.2, 0.25) is 0 Å². The summed E-state index contributed by atoms with van der Waals surface area (Å²) in [5, 5.41) is 20.5. The quantitative estimate of drug-likeness (QED) is 0.175. The molecule has 2 aromatic rings. The zero-order valence-corrected chi connectivity index (χ0v) is 22.1. The van der Waals surface area contributed by atoms with Gasteiger partial charge in [0.1, 0.15) is 18.1 Å². The van der Waals surface area contributed by atoms with E-state index in [1.165, 1.54) is 23.1 Å². The maximum absolute atomic E-state index is 12.9. The summed E-state index contributed by atoms with van der Waals surface area (Å²) in [6, 6.07) is 11.3. The minimum absolute atomic E-state index is 0.0859. The maximum Gasteiger partial charge on any atom is 0.415 e. The monoisotopic (exact) mass is 532 g/mol. The first kappa shape index (κ1) is 30.5. The number of aliphatic carboxylic acids is 1. The third kappa shape index (κ3) is 10.3. The number of hydrogen-bond donors (Lipinski definition) is 1. The van der Waals surface area contributed by atoms with Crippen molar-refractivity contribution in [2.75, 3.05) is 39.5 Å². The Bertz CT molecular complexity index is 1040. The van der Waals surface area contributed by atoms with E-state index in [9.17, 15) is 24.8 Å². The number of nitro groups is 1. The van der Waals surface area contributed by atoms with Gasteiger partial charge in [0.25, 0.3) is 5.69 Å². The predicted molar refractivity (Wildman–Crippen MR) is 140 cm³/mol. The van der Waals surface area contributed by atoms with Crippen molar-refractivity contribution in [2.24, 2.45) is 0 Å². The van der Waals surface area contributed by atoms with Crippen LogP contribution in [0.4, 0.5) is 10.5 Å². The van der Waals surface area contributed by atoms with Crippen LogP contribution in [0.3, 0.4) is 0 Å². The molecule has 2 aromatic carbocycles. The molecule has 208 valence electrons. The van der Waals surface area contributed by atoms with E-state index in [4.69, 9.17) is 18.9 Å². The summed E-state index contributed by atoms with van der Waals surface area (Å²) in [4.78, 5) is 36.3. The Hall–Kier alpha value is -3.70. The number of carboxylic acid groups (broad SMARTS) is 1. The fourth-order valence-electron chi connectivity index (χ4n) is 3.54. The van der Waals surface area contributed by atoms with Gasteiger partial charge in [0.05, 0.1) is 17.5 Å². The van der Waals surface area contributed by atoms with E-state index >= 15 is 0 Å². The van der Waals surface area contributed by atoms with Crippen molar-refractivity contribution in [1.82, 2.24) is 4.90 Å². The number of ether oxygens (including phenoxy) is 4. The third-order valence-electron chi connectivity index (χ3n) is 5.52. The van der Waals surface area contributed by atoms with E-state index in [1.807, 2.05) is 6.92 Å². The number of aryl methyl sites for hydroxylation is 1. The van der Waals surface area contributed by atoms with E-state index in [1.54, 1.807) is 38.1 Å². The number of hydrogen-bond acceptors (Lipinski definition) is 8. The van der Waals surface area contributed by atoms with Gasteiger partial charge in [-0.25, -0.2) is 9.59 Å². The van der Waals surface area contributed by atoms with E-state index < -0.39 is 23.1 Å². The fourth-order valence-corrected chi connectivity index (χ4v) is 3.54. The highest BCUT2D eigenvalue weighted by molar-refractivity contribution is 5.72. The minimum Gasteiger partial charge on any atom is -0.492 e. The van der Waals surface area contributed by atoms with Gasteiger partial charge in [0.15, 0.2) is 6.10 Å². The van der Waals surface area contributed by atoms with Crippen LogP contribution >= 0.6 is 0 Å². The highest BCUT2D eigenvalue weighted by Crippen LogP contribution is 2.24. The lowest BCUT2D eigenvalue weighted by Crippen LogP contribution is -2.38. The lowest BCUT2D eigenvalue weighted by molar-refractivity contribution is -0.385. The number of benzene rings is 2. The molecule has 1 unspecified atom stereocenters. The second-order valence-electron chi connectivity index (χ2n) is 8.51. The zero-order chi connectivity index (χ0) is 27.9. The Morgan fingerprint density at radius 1 is 1.03 bits per heavy atom. The average Bonchev–Trinajstić information content (AvgIpc) is 2.89. The number of carboxylic acids is 1. The van der Waals surface area contributed by atoms with Gasteiger partial charge in [-0.1, -0.05) is 19.1 Å². The maximum atomic E-state index is 12.9. The second kappa shape index (κ2) is 16.2. The van der Waals surface area contributed by atoms with Crippen LogP contribution < -0.4 is 9.47 Å². The number of nitro benzene ring substituents is 1. The van der Waals surface area contributed by atoms with Crippen LogP contribution in [0, 0.1) is 17.0 Å². The summed E-state index contributed by atoms with van der Waals surface area (Å²) in [6.07, 6.45) is 0.159. The molecule has 0 spiro atoms. The SMILES string of the molecule is CCCOCCCN(CCOc1ccc(CC(OCC)C(=O)O)cc1)C(=O)Oc1ccc(C)c([N+](=O)[O-])c1. The van der Waals surface area contributed by atoms with Crippen molar-refractivity contribution < 1.29 is 38.6 Å². The molecular weight excluding hydrogens is 496 g/mol. The van der Waals surface area contributed by atoms with Crippen LogP contribution in [-0.2, 0) is 20.7 Å². The summed E-state index contributed by atoms with van der Waals surface area (Å²) < 4.78 is 22.0. The van der Waals surface area contributed by atoms with Crippen molar-refractivity contribution >= 4 is 17.7 Å². The molecule has 0 heterocycles. The Kier molecular flexibility index (Phi) is 13.0. The average molecular weight is 533 g/mol. The lowest BCUT2D eigenvalue weighted by Gasteiger charge is -2.22. The topological polar surface area (TPSA) is 138 Å². The Balaban J connectivity index is 1.97. The van der Waals surface area contributed by atoms with Crippen LogP contribution in [0.2, 0.25) is 0 Å². The van der Waals surface area contributed by atoms with Crippen molar-refractivity contribution in [2.45, 2.75) is 46.1 Å². The van der Waals surface area contributed by atoms with Gasteiger partial charge in [-0.05, 0) is 56.5 Å². The summed E-state index contributed by atoms with van der Waals surface area (Å²) in [5.41, 5.74) is 1.13. The molecule has 2 rings (SSSR count). The van der Waals surface area contributed by atoms with Crippen molar-refractivity contribution in [3.63, 3.8) is 0 Å². The lowest BCUT2D eigenvalue weighted by atomic mass is 10.1. The normalized spacial score (nSPS) is 11.6. The molecule has 1 amide bonds. The molecule has 11 nitrogen and oxygen atoms in total. The second-order valence-corrected chi connectivity index (χ2v) is 8.51. The van der Waals surface area contributed by atoms with Crippen LogP contribution in [0.25, 0.3) is 0 Å². The van der Waals surface area contributed by atoms with Crippen LogP contribution in [0.15, 0.2) is 42.5 Å². The number of carbonyl (C=O) groups is 2. The molecule has 0 saturated carbocycles. The van der Waals surface area contributed by atoms with Crippen molar-refractivity contribution in [3.05, 3.63) is 63.7 Å². The van der Waals surface area contributed by atoms with E-state index in [0.717, 1.165) is 12.0 Å². The van der Waals surface area contributed by atoms with Gasteiger partial charge < -0.3 is 29.0 Å². The highest BCUT2D eigenvalue weighted by Gasteiger charge is 2.20. The molecule has 0 aliphatic carbocycles. The third-order valence-corrected chi connectivity index (χ3v) is 5.52. The number of carbonyl (C=O) groups excluding carboxylic acids is 1. The Labute approximate surface area is 222 Å². The van der Waals surface area contributed by atoms with Crippen molar-refractivity contribution in [1.29, 1.82) is 0 Å². The van der Waals surface area contributed by atoms with E-state index in [-0.39, 0.29) is 31.0 Å². The van der Waals surface area contributed by atoms with Gasteiger partial charge in [-0.15, -0.1) is 0 Å². The smallest absolute Gasteiger partial charge is 0.415 e. The molecule has 11 heteroatoms. The van der Waals surface area contributed by atoms with Gasteiger partial charge in [0, 0.05) is 38.3 Å². The molecule has 0 saturated heterocycles. The minimum atomic E-state index is -1.01. The Morgan fingerprint density at radius 2 is 1.74 bits per heavy atom. The first-order chi connectivity index (χ1) is 18.2. The standard InChI is InChI=1S/C27H36N2O9/c1-4-15-35-16-6-13-28(27(32)38-23-10-7-20(3)24(19-23)29(33)34)14-17-37-22-11-8-21(9-12-22)18-25(26(30)31)36-5-2/h7-12,19,25H,4-6,13-18H2,1-3H3,(H,30,31). The Morgan fingerprint density at radius 3 is 2.37 bits per heavy atom. The fraction of sp³-hybridized carbons (Fsp3) is 0.481. The molecule has 1 atom stereocenters. The van der Waals surface area contributed by atoms with Gasteiger partial charge in [-0.3, -0.25) is 10.1 Å². The molecule has 0 bridgehead atoms. The molecule has 0 aliphatic heterocycles. The van der Waals surface area contributed by atoms with E-state index in [2.05, 4.69) is 0 Å². The molecule has 1 N–H and O–H groups in total. The first-order valence-corrected chi connectivity index (χ1v) is 12.6. The zero-order valence-electron chi connectivity index (χ0n) is 22.1.